The minimum Gasteiger partial charge on any atom is -0.463 e. The van der Waals surface area contributed by atoms with Crippen LogP contribution in [0.2, 0.25) is 0 Å². The second-order valence-corrected chi connectivity index (χ2v) is 11.8. The Morgan fingerprint density at radius 1 is 1.11 bits per heavy atom. The van der Waals surface area contributed by atoms with E-state index in [4.69, 9.17) is 4.42 Å². The van der Waals surface area contributed by atoms with E-state index in [0.717, 1.165) is 61.5 Å². The average molecular weight is 512 g/mol. The first-order valence-electron chi connectivity index (χ1n) is 13.7. The highest BCUT2D eigenvalue weighted by Gasteiger charge is 2.48. The zero-order chi connectivity index (χ0) is 26.6. The maximum absolute atomic E-state index is 13.9. The lowest BCUT2D eigenvalue weighted by atomic mass is 9.58. The van der Waals surface area contributed by atoms with Gasteiger partial charge in [-0.05, 0) is 74.0 Å². The fourth-order valence-electron chi connectivity index (χ4n) is 6.81. The number of fused-ring (bicyclic) bond motifs is 1. The van der Waals surface area contributed by atoms with Gasteiger partial charge in [-0.25, -0.2) is 0 Å². The van der Waals surface area contributed by atoms with Crippen molar-refractivity contribution in [1.82, 2.24) is 24.6 Å². The number of aromatic nitrogens is 3. The van der Waals surface area contributed by atoms with Crippen LogP contribution in [-0.4, -0.2) is 57.3 Å². The molecule has 2 fully saturated rings. The van der Waals surface area contributed by atoms with E-state index in [1.54, 1.807) is 12.6 Å². The molecule has 2 aliphatic rings. The minimum atomic E-state index is -0.180. The molecule has 0 radical (unpaired) electrons. The highest BCUT2D eigenvalue weighted by Crippen LogP contribution is 2.51. The largest absolute Gasteiger partial charge is 0.463 e. The van der Waals surface area contributed by atoms with Gasteiger partial charge < -0.3 is 13.9 Å². The van der Waals surface area contributed by atoms with Crippen molar-refractivity contribution >= 4 is 11.0 Å². The predicted octanol–water partition coefficient (Wildman–Crippen LogP) is 4.75. The first-order valence-corrected chi connectivity index (χ1v) is 13.7. The van der Waals surface area contributed by atoms with Crippen LogP contribution >= 0.6 is 0 Å². The summed E-state index contributed by atoms with van der Waals surface area (Å²) < 4.78 is 8.14. The molecule has 2 aromatic heterocycles. The number of nitrogens with zero attached hydrogens (tertiary/aromatic N) is 5. The van der Waals surface area contributed by atoms with Crippen molar-refractivity contribution in [3.8, 4) is 11.1 Å². The van der Waals surface area contributed by atoms with Gasteiger partial charge in [-0.15, -0.1) is 10.2 Å². The predicted molar refractivity (Wildman–Crippen MR) is 150 cm³/mol. The quantitative estimate of drug-likeness (QED) is 0.385. The number of hydrogen-bond donors (Lipinski definition) is 0. The van der Waals surface area contributed by atoms with Gasteiger partial charge in [0.15, 0.2) is 0 Å². The fourth-order valence-corrected chi connectivity index (χ4v) is 6.81. The average Bonchev–Trinajstić information content (AvgIpc) is 3.30. The van der Waals surface area contributed by atoms with E-state index in [1.165, 1.54) is 5.56 Å². The summed E-state index contributed by atoms with van der Waals surface area (Å²) in [6.07, 6.45) is 5.44. The molecule has 4 aromatic rings. The number of benzene rings is 2. The van der Waals surface area contributed by atoms with Crippen LogP contribution in [-0.2, 0) is 19.0 Å². The number of hydrogen-bond acceptors (Lipinski definition) is 6. The van der Waals surface area contributed by atoms with Crippen LogP contribution in [0.1, 0.15) is 49.2 Å². The summed E-state index contributed by atoms with van der Waals surface area (Å²) in [5.74, 6) is 1.60. The Hall–Kier alpha value is -3.29. The first-order chi connectivity index (χ1) is 18.2. The standard InChI is InChI=1S/C31H37N5O2/c1-20-14-31(15-20,30-33-32-19-35(30)5)25-8-6-7-24(13-25)27-18-38-29-21(2)11-23(12-26(29)28(27)37)17-36-10-9-34(4)16-22(36)3/h6-8,11-13,18-20,22H,9-10,14-17H2,1-5H3/t20?,22-,31?/m1/s1. The van der Waals surface area contributed by atoms with Crippen LogP contribution in [0, 0.1) is 12.8 Å². The zero-order valence-corrected chi connectivity index (χ0v) is 23.1. The molecule has 0 amide bonds. The Labute approximate surface area is 224 Å². The molecule has 0 unspecified atom stereocenters. The number of piperazine rings is 1. The first kappa shape index (κ1) is 25.0. The van der Waals surface area contributed by atoms with Crippen molar-refractivity contribution in [3.05, 3.63) is 81.7 Å². The molecule has 2 aromatic carbocycles. The highest BCUT2D eigenvalue weighted by molar-refractivity contribution is 5.84. The van der Waals surface area contributed by atoms with Crippen molar-refractivity contribution < 1.29 is 4.42 Å². The monoisotopic (exact) mass is 511 g/mol. The van der Waals surface area contributed by atoms with E-state index in [2.05, 4.69) is 59.1 Å². The number of likely N-dealkylation sites (N-methyl/N-ethyl adjacent to an activating group) is 1. The van der Waals surface area contributed by atoms with E-state index < -0.39 is 0 Å². The lowest BCUT2D eigenvalue weighted by molar-refractivity contribution is 0.0938. The summed E-state index contributed by atoms with van der Waals surface area (Å²) >= 11 is 0. The molecule has 0 bridgehead atoms. The van der Waals surface area contributed by atoms with Gasteiger partial charge in [0.05, 0.1) is 16.4 Å². The molecule has 3 heterocycles. The molecule has 1 aliphatic heterocycles. The van der Waals surface area contributed by atoms with Crippen LogP contribution in [0.3, 0.4) is 0 Å². The Kier molecular flexibility index (Phi) is 6.23. The van der Waals surface area contributed by atoms with E-state index in [9.17, 15) is 4.79 Å². The van der Waals surface area contributed by atoms with E-state index in [1.807, 2.05) is 36.7 Å². The van der Waals surface area contributed by atoms with Crippen LogP contribution < -0.4 is 5.43 Å². The molecule has 1 atom stereocenters. The van der Waals surface area contributed by atoms with Gasteiger partial charge in [0.25, 0.3) is 0 Å². The van der Waals surface area contributed by atoms with E-state index in [0.29, 0.717) is 28.5 Å². The van der Waals surface area contributed by atoms with Gasteiger partial charge in [-0.2, -0.15) is 0 Å². The topological polar surface area (TPSA) is 67.4 Å². The van der Waals surface area contributed by atoms with Crippen molar-refractivity contribution in [1.29, 1.82) is 0 Å². The lowest BCUT2D eigenvalue weighted by Crippen LogP contribution is -2.49. The smallest absolute Gasteiger partial charge is 0.200 e. The van der Waals surface area contributed by atoms with Crippen LogP contribution in [0.5, 0.6) is 0 Å². The minimum absolute atomic E-state index is 0.0226. The van der Waals surface area contributed by atoms with Crippen molar-refractivity contribution in [3.63, 3.8) is 0 Å². The second kappa shape index (κ2) is 9.47. The number of rotatable bonds is 5. The zero-order valence-electron chi connectivity index (χ0n) is 23.1. The molecule has 1 saturated heterocycles. The Bertz CT molecular complexity index is 1550. The third-order valence-electron chi connectivity index (χ3n) is 8.73. The van der Waals surface area contributed by atoms with Crippen LogP contribution in [0.15, 0.2) is 58.2 Å². The van der Waals surface area contributed by atoms with E-state index >= 15 is 0 Å². The Morgan fingerprint density at radius 3 is 2.63 bits per heavy atom. The van der Waals surface area contributed by atoms with Crippen molar-refractivity contribution in [2.24, 2.45) is 13.0 Å². The molecule has 1 saturated carbocycles. The summed E-state index contributed by atoms with van der Waals surface area (Å²) in [7, 11) is 4.18. The van der Waals surface area contributed by atoms with Gasteiger partial charge in [0.2, 0.25) is 5.43 Å². The van der Waals surface area contributed by atoms with Gasteiger partial charge in [0, 0.05) is 39.3 Å². The van der Waals surface area contributed by atoms with Crippen LogP contribution in [0.4, 0.5) is 0 Å². The SMILES string of the molecule is Cc1cc(CN2CCN(C)C[C@H]2C)cc2c(=O)c(-c3cccc(C4(c5nncn5C)CC(C)C4)c3)coc12. The third kappa shape index (κ3) is 4.18. The molecule has 0 N–H and O–H groups in total. The molecule has 6 rings (SSSR count). The molecule has 38 heavy (non-hydrogen) atoms. The molecule has 1 aliphatic carbocycles. The van der Waals surface area contributed by atoms with E-state index in [-0.39, 0.29) is 10.8 Å². The summed E-state index contributed by atoms with van der Waals surface area (Å²) in [5, 5.41) is 9.30. The van der Waals surface area contributed by atoms with Crippen molar-refractivity contribution in [2.75, 3.05) is 26.7 Å². The van der Waals surface area contributed by atoms with Crippen LogP contribution in [0.25, 0.3) is 22.1 Å². The Morgan fingerprint density at radius 2 is 1.92 bits per heavy atom. The molecule has 0 spiro atoms. The summed E-state index contributed by atoms with van der Waals surface area (Å²) in [4.78, 5) is 18.8. The maximum atomic E-state index is 13.9. The number of aryl methyl sites for hydroxylation is 2. The normalized spacial score (nSPS) is 24.6. The molecular weight excluding hydrogens is 474 g/mol. The summed E-state index contributed by atoms with van der Waals surface area (Å²) in [5.41, 5.74) is 5.34. The Balaban J connectivity index is 1.38. The molecule has 7 heteroatoms. The van der Waals surface area contributed by atoms with Gasteiger partial charge >= 0.3 is 0 Å². The lowest BCUT2D eigenvalue weighted by Gasteiger charge is -2.46. The summed E-state index contributed by atoms with van der Waals surface area (Å²) in [6.45, 7) is 10.6. The van der Waals surface area contributed by atoms with Gasteiger partial charge in [-0.3, -0.25) is 9.69 Å². The van der Waals surface area contributed by atoms with Crippen molar-refractivity contribution in [2.45, 2.75) is 51.6 Å². The van der Waals surface area contributed by atoms with Gasteiger partial charge in [0.1, 0.15) is 24.0 Å². The fraction of sp³-hybridized carbons (Fsp3) is 0.452. The van der Waals surface area contributed by atoms with Gasteiger partial charge in [-0.1, -0.05) is 31.2 Å². The molecular formula is C31H37N5O2. The summed E-state index contributed by atoms with van der Waals surface area (Å²) in [6, 6.07) is 13.1. The molecule has 7 nitrogen and oxygen atoms in total. The highest BCUT2D eigenvalue weighted by atomic mass is 16.3. The third-order valence-corrected chi connectivity index (χ3v) is 8.73. The maximum Gasteiger partial charge on any atom is 0.200 e. The molecule has 198 valence electrons. The second-order valence-electron chi connectivity index (χ2n) is 11.8.